The molecule has 0 aromatic carbocycles. The van der Waals surface area contributed by atoms with Crippen molar-refractivity contribution in [2.45, 2.75) is 24.0 Å². The summed E-state index contributed by atoms with van der Waals surface area (Å²) < 4.78 is 18.6. The Kier molecular flexibility index (Phi) is 3.45. The molecule has 0 aliphatic carbocycles. The standard InChI is InChI=1S/C10H10FN3O6/c11-4-1-14(9(19)13-8(4)18)10(3-12)7(17)6(16)5(2-15)20-10/h1,5-7,15-17H,2H2,(H,13,18,19). The number of rotatable bonds is 2. The third-order valence-electron chi connectivity index (χ3n) is 3.03. The first kappa shape index (κ1) is 14.4. The molecule has 2 rings (SSSR count). The molecular weight excluding hydrogens is 277 g/mol. The highest BCUT2D eigenvalue weighted by Crippen LogP contribution is 2.34. The molecule has 4 atom stereocenters. The number of aliphatic hydroxyl groups is 3. The maximum absolute atomic E-state index is 13.3. The van der Waals surface area contributed by atoms with Crippen LogP contribution in [0.2, 0.25) is 0 Å². The van der Waals surface area contributed by atoms with E-state index in [1.165, 1.54) is 6.07 Å². The van der Waals surface area contributed by atoms with Crippen molar-refractivity contribution >= 4 is 0 Å². The first-order chi connectivity index (χ1) is 9.37. The highest BCUT2D eigenvalue weighted by molar-refractivity contribution is 5.12. The number of hydrogen-bond donors (Lipinski definition) is 4. The lowest BCUT2D eigenvalue weighted by molar-refractivity contribution is -0.109. The van der Waals surface area contributed by atoms with Crippen LogP contribution >= 0.6 is 0 Å². The van der Waals surface area contributed by atoms with E-state index in [4.69, 9.17) is 15.1 Å². The van der Waals surface area contributed by atoms with Gasteiger partial charge in [-0.15, -0.1) is 0 Å². The molecule has 10 heteroatoms. The van der Waals surface area contributed by atoms with E-state index in [2.05, 4.69) is 0 Å². The van der Waals surface area contributed by atoms with Crippen molar-refractivity contribution < 1.29 is 24.4 Å². The number of hydrogen-bond acceptors (Lipinski definition) is 7. The van der Waals surface area contributed by atoms with E-state index in [9.17, 15) is 24.2 Å². The molecule has 1 aromatic rings. The van der Waals surface area contributed by atoms with Crippen LogP contribution in [0.1, 0.15) is 0 Å². The van der Waals surface area contributed by atoms with Crippen LogP contribution in [0.15, 0.2) is 15.8 Å². The van der Waals surface area contributed by atoms with Gasteiger partial charge in [-0.2, -0.15) is 9.65 Å². The van der Waals surface area contributed by atoms with Crippen LogP contribution in [0.3, 0.4) is 0 Å². The molecule has 1 aliphatic rings. The lowest BCUT2D eigenvalue weighted by atomic mass is 10.0. The number of nitriles is 1. The zero-order valence-electron chi connectivity index (χ0n) is 9.86. The van der Waals surface area contributed by atoms with Gasteiger partial charge in [-0.1, -0.05) is 0 Å². The minimum atomic E-state index is -2.45. The molecule has 1 saturated heterocycles. The summed E-state index contributed by atoms with van der Waals surface area (Å²) in [6, 6.07) is 1.46. The van der Waals surface area contributed by atoms with Crippen LogP contribution in [0, 0.1) is 17.1 Å². The molecule has 1 fully saturated rings. The van der Waals surface area contributed by atoms with Gasteiger partial charge in [0.1, 0.15) is 24.4 Å². The molecule has 0 spiro atoms. The summed E-state index contributed by atoms with van der Waals surface area (Å²) in [5.74, 6) is -1.38. The van der Waals surface area contributed by atoms with Gasteiger partial charge in [0.25, 0.3) is 11.3 Å². The van der Waals surface area contributed by atoms with Crippen LogP contribution in [-0.2, 0) is 10.5 Å². The van der Waals surface area contributed by atoms with Crippen molar-refractivity contribution in [2.75, 3.05) is 6.61 Å². The van der Waals surface area contributed by atoms with Crippen LogP contribution in [0.25, 0.3) is 0 Å². The number of aromatic nitrogens is 2. The van der Waals surface area contributed by atoms with E-state index in [1.807, 2.05) is 0 Å². The van der Waals surface area contributed by atoms with Gasteiger partial charge in [0.15, 0.2) is 0 Å². The second kappa shape index (κ2) is 4.80. The van der Waals surface area contributed by atoms with E-state index < -0.39 is 47.7 Å². The number of nitrogens with one attached hydrogen (secondary N) is 1. The third kappa shape index (κ3) is 1.84. The van der Waals surface area contributed by atoms with Gasteiger partial charge < -0.3 is 20.1 Å². The lowest BCUT2D eigenvalue weighted by Crippen LogP contribution is -2.51. The van der Waals surface area contributed by atoms with Gasteiger partial charge in [-0.3, -0.25) is 14.3 Å². The van der Waals surface area contributed by atoms with Crippen molar-refractivity contribution in [2.24, 2.45) is 0 Å². The summed E-state index contributed by atoms with van der Waals surface area (Å²) in [5, 5.41) is 37.6. The molecule has 1 aliphatic heterocycles. The highest BCUT2D eigenvalue weighted by atomic mass is 19.1. The number of aromatic amines is 1. The minimum absolute atomic E-state index is 0.327. The smallest absolute Gasteiger partial charge is 0.331 e. The average molecular weight is 287 g/mol. The Labute approximate surface area is 110 Å². The zero-order valence-corrected chi connectivity index (χ0v) is 9.86. The average Bonchev–Trinajstić information content (AvgIpc) is 2.68. The molecule has 20 heavy (non-hydrogen) atoms. The Morgan fingerprint density at radius 3 is 2.70 bits per heavy atom. The number of halogens is 1. The minimum Gasteiger partial charge on any atom is -0.394 e. The van der Waals surface area contributed by atoms with Gasteiger partial charge >= 0.3 is 5.69 Å². The molecule has 108 valence electrons. The van der Waals surface area contributed by atoms with Crippen LogP contribution in [-0.4, -0.2) is 49.8 Å². The Balaban J connectivity index is 2.65. The summed E-state index contributed by atoms with van der Waals surface area (Å²) in [6.45, 7) is -0.734. The Hall–Kier alpha value is -2.06. The Morgan fingerprint density at radius 1 is 1.55 bits per heavy atom. The summed E-state index contributed by atoms with van der Waals surface area (Å²) in [7, 11) is 0. The predicted molar refractivity (Wildman–Crippen MR) is 58.8 cm³/mol. The fourth-order valence-electron chi connectivity index (χ4n) is 1.99. The predicted octanol–water partition coefficient (Wildman–Crippen LogP) is -3.04. The van der Waals surface area contributed by atoms with E-state index in [-0.39, 0.29) is 0 Å². The number of aliphatic hydroxyl groups excluding tert-OH is 3. The first-order valence-corrected chi connectivity index (χ1v) is 5.45. The van der Waals surface area contributed by atoms with Gasteiger partial charge in [0.05, 0.1) is 12.8 Å². The molecule has 9 nitrogen and oxygen atoms in total. The van der Waals surface area contributed by atoms with Crippen molar-refractivity contribution in [3.8, 4) is 6.07 Å². The Morgan fingerprint density at radius 2 is 2.20 bits per heavy atom. The van der Waals surface area contributed by atoms with Gasteiger partial charge in [-0.05, 0) is 0 Å². The molecule has 4 unspecified atom stereocenters. The van der Waals surface area contributed by atoms with Gasteiger partial charge in [0, 0.05) is 0 Å². The number of H-pyrrole nitrogens is 1. The molecule has 0 amide bonds. The summed E-state index contributed by atoms with van der Waals surface area (Å²) in [5.41, 5.74) is -4.96. The monoisotopic (exact) mass is 287 g/mol. The van der Waals surface area contributed by atoms with E-state index in [0.29, 0.717) is 10.8 Å². The quantitative estimate of drug-likeness (QED) is 0.452. The van der Waals surface area contributed by atoms with Crippen LogP contribution < -0.4 is 11.2 Å². The highest BCUT2D eigenvalue weighted by Gasteiger charge is 2.57. The summed E-state index contributed by atoms with van der Waals surface area (Å²) in [6.07, 6.45) is -4.54. The van der Waals surface area contributed by atoms with E-state index >= 15 is 0 Å². The number of nitrogens with zero attached hydrogens (tertiary/aromatic N) is 2. The largest absolute Gasteiger partial charge is 0.394 e. The Bertz CT molecular complexity index is 679. The third-order valence-corrected chi connectivity index (χ3v) is 3.03. The van der Waals surface area contributed by atoms with Crippen LogP contribution in [0.4, 0.5) is 4.39 Å². The SMILES string of the molecule is N#CC1(n2cc(F)c(=O)[nH]c2=O)OC(CO)C(O)C1O. The fraction of sp³-hybridized carbons (Fsp3) is 0.500. The second-order valence-electron chi connectivity index (χ2n) is 4.19. The van der Waals surface area contributed by atoms with Crippen molar-refractivity contribution in [1.29, 1.82) is 5.26 Å². The van der Waals surface area contributed by atoms with Gasteiger partial charge in [0.2, 0.25) is 5.82 Å². The van der Waals surface area contributed by atoms with Crippen molar-refractivity contribution in [1.82, 2.24) is 9.55 Å². The zero-order chi connectivity index (χ0) is 15.1. The molecule has 4 N–H and O–H groups in total. The van der Waals surface area contributed by atoms with Crippen molar-refractivity contribution in [3.05, 3.63) is 32.9 Å². The lowest BCUT2D eigenvalue weighted by Gasteiger charge is -2.26. The topological polar surface area (TPSA) is 149 Å². The maximum Gasteiger partial charge on any atom is 0.331 e. The molecule has 0 radical (unpaired) electrons. The maximum atomic E-state index is 13.3. The normalized spacial score (nSPS) is 33.0. The molecule has 2 heterocycles. The molecule has 1 aromatic heterocycles. The van der Waals surface area contributed by atoms with E-state index in [0.717, 1.165) is 0 Å². The molecule has 0 saturated carbocycles. The molecule has 0 bridgehead atoms. The summed E-state index contributed by atoms with van der Waals surface area (Å²) in [4.78, 5) is 24.2. The molecular formula is C10H10FN3O6. The van der Waals surface area contributed by atoms with E-state index in [1.54, 1.807) is 4.98 Å². The number of ether oxygens (including phenoxy) is 1. The fourth-order valence-corrected chi connectivity index (χ4v) is 1.99. The second-order valence-corrected chi connectivity index (χ2v) is 4.19. The first-order valence-electron chi connectivity index (χ1n) is 5.45. The van der Waals surface area contributed by atoms with Crippen LogP contribution in [0.5, 0.6) is 0 Å². The summed E-state index contributed by atoms with van der Waals surface area (Å²) >= 11 is 0. The van der Waals surface area contributed by atoms with Gasteiger partial charge in [-0.25, -0.2) is 4.79 Å². The van der Waals surface area contributed by atoms with Crippen molar-refractivity contribution in [3.63, 3.8) is 0 Å².